The van der Waals surface area contributed by atoms with Gasteiger partial charge in [-0.2, -0.15) is 0 Å². The number of nitrogens with two attached hydrogens (primary N) is 2. The summed E-state index contributed by atoms with van der Waals surface area (Å²) in [6.07, 6.45) is 0.801. The second-order valence-electron chi connectivity index (χ2n) is 4.39. The van der Waals surface area contributed by atoms with Gasteiger partial charge in [-0.05, 0) is 18.6 Å². The number of nitrogens with one attached hydrogen (secondary N) is 1. The Morgan fingerprint density at radius 3 is 2.65 bits per heavy atom. The highest BCUT2D eigenvalue weighted by molar-refractivity contribution is 5.94. The molecule has 1 unspecified atom stereocenters. The molecule has 1 rings (SSSR count). The summed E-state index contributed by atoms with van der Waals surface area (Å²) >= 11 is 0. The van der Waals surface area contributed by atoms with Crippen molar-refractivity contribution in [1.29, 1.82) is 0 Å². The maximum absolute atomic E-state index is 12.0. The molecule has 1 aromatic rings. The molecule has 0 bridgehead atoms. The van der Waals surface area contributed by atoms with Crippen LogP contribution in [0.4, 0.5) is 5.69 Å². The zero-order chi connectivity index (χ0) is 15.0. The van der Waals surface area contributed by atoms with Gasteiger partial charge in [0.15, 0.2) is 0 Å². The first-order chi connectivity index (χ1) is 9.58. The van der Waals surface area contributed by atoms with Gasteiger partial charge in [-0.3, -0.25) is 9.59 Å². The van der Waals surface area contributed by atoms with E-state index in [1.807, 2.05) is 6.92 Å². The third kappa shape index (κ3) is 4.89. The van der Waals surface area contributed by atoms with E-state index in [4.69, 9.17) is 16.2 Å². The molecular formula is C14H21N3O3. The normalized spacial score (nSPS) is 11.7. The standard InChI is InChI=1S/C14H21N3O3/c1-2-10(9-15)14(19)17-11-5-3-4-6-12(11)20-8-7-13(16)18/h3-6,10H,2,7-9,15H2,1H3,(H2,16,18)(H,17,19). The number of carbonyl (C=O) groups excluding carboxylic acids is 2. The van der Waals surface area contributed by atoms with Crippen LogP contribution in [-0.4, -0.2) is 25.0 Å². The first kappa shape index (κ1) is 16.0. The Morgan fingerprint density at radius 1 is 1.35 bits per heavy atom. The van der Waals surface area contributed by atoms with Gasteiger partial charge in [0.1, 0.15) is 5.75 Å². The van der Waals surface area contributed by atoms with Gasteiger partial charge < -0.3 is 21.5 Å². The van der Waals surface area contributed by atoms with Crippen molar-refractivity contribution >= 4 is 17.5 Å². The van der Waals surface area contributed by atoms with Crippen molar-refractivity contribution in [3.8, 4) is 5.75 Å². The van der Waals surface area contributed by atoms with Crippen LogP contribution in [0.2, 0.25) is 0 Å². The molecule has 20 heavy (non-hydrogen) atoms. The van der Waals surface area contributed by atoms with Crippen molar-refractivity contribution in [3.63, 3.8) is 0 Å². The number of ether oxygens (including phenoxy) is 1. The van der Waals surface area contributed by atoms with E-state index in [0.717, 1.165) is 0 Å². The largest absolute Gasteiger partial charge is 0.491 e. The Labute approximate surface area is 118 Å². The molecular weight excluding hydrogens is 258 g/mol. The second-order valence-corrected chi connectivity index (χ2v) is 4.39. The molecule has 6 nitrogen and oxygen atoms in total. The molecule has 1 atom stereocenters. The minimum Gasteiger partial charge on any atom is -0.491 e. The van der Waals surface area contributed by atoms with E-state index < -0.39 is 5.91 Å². The fraction of sp³-hybridized carbons (Fsp3) is 0.429. The molecule has 0 fully saturated rings. The van der Waals surface area contributed by atoms with E-state index >= 15 is 0 Å². The fourth-order valence-electron chi connectivity index (χ4n) is 1.65. The number of rotatable bonds is 8. The average molecular weight is 279 g/mol. The first-order valence-electron chi connectivity index (χ1n) is 6.59. The number of anilines is 1. The number of amides is 2. The lowest BCUT2D eigenvalue weighted by Crippen LogP contribution is -2.28. The molecule has 0 heterocycles. The Kier molecular flexibility index (Phi) is 6.52. The molecule has 110 valence electrons. The third-order valence-corrected chi connectivity index (χ3v) is 2.90. The molecule has 0 aliphatic heterocycles. The van der Waals surface area contributed by atoms with Gasteiger partial charge in [-0.1, -0.05) is 19.1 Å². The molecule has 6 heteroatoms. The number of hydrogen-bond donors (Lipinski definition) is 3. The third-order valence-electron chi connectivity index (χ3n) is 2.90. The average Bonchev–Trinajstić information content (AvgIpc) is 2.41. The number of carbonyl (C=O) groups is 2. The maximum Gasteiger partial charge on any atom is 0.228 e. The molecule has 0 aliphatic carbocycles. The van der Waals surface area contributed by atoms with Crippen LogP contribution in [0.15, 0.2) is 24.3 Å². The van der Waals surface area contributed by atoms with Crippen LogP contribution < -0.4 is 21.5 Å². The first-order valence-corrected chi connectivity index (χ1v) is 6.59. The van der Waals surface area contributed by atoms with Crippen LogP contribution in [0.1, 0.15) is 19.8 Å². The minimum absolute atomic E-state index is 0.128. The minimum atomic E-state index is -0.430. The van der Waals surface area contributed by atoms with Crippen molar-refractivity contribution in [1.82, 2.24) is 0 Å². The van der Waals surface area contributed by atoms with Crippen LogP contribution in [0.25, 0.3) is 0 Å². The fourth-order valence-corrected chi connectivity index (χ4v) is 1.65. The van der Waals surface area contributed by atoms with Gasteiger partial charge in [0.2, 0.25) is 11.8 Å². The van der Waals surface area contributed by atoms with Crippen LogP contribution in [0.5, 0.6) is 5.75 Å². The predicted molar refractivity (Wildman–Crippen MR) is 77.2 cm³/mol. The molecule has 0 aliphatic rings. The van der Waals surface area contributed by atoms with Crippen LogP contribution in [0, 0.1) is 5.92 Å². The number of benzene rings is 1. The molecule has 0 aromatic heterocycles. The Hall–Kier alpha value is -2.08. The second kappa shape index (κ2) is 8.16. The number of hydrogen-bond acceptors (Lipinski definition) is 4. The molecule has 0 radical (unpaired) electrons. The summed E-state index contributed by atoms with van der Waals surface area (Å²) in [7, 11) is 0. The van der Waals surface area contributed by atoms with E-state index in [1.165, 1.54) is 0 Å². The lowest BCUT2D eigenvalue weighted by Gasteiger charge is -2.15. The van der Waals surface area contributed by atoms with Gasteiger partial charge in [0.25, 0.3) is 0 Å². The number of para-hydroxylation sites is 2. The summed E-state index contributed by atoms with van der Waals surface area (Å²) in [6.45, 7) is 2.38. The molecule has 2 amide bonds. The van der Waals surface area contributed by atoms with E-state index in [1.54, 1.807) is 24.3 Å². The number of primary amides is 1. The lowest BCUT2D eigenvalue weighted by molar-refractivity contribution is -0.120. The zero-order valence-corrected chi connectivity index (χ0v) is 11.6. The lowest BCUT2D eigenvalue weighted by atomic mass is 10.1. The highest BCUT2D eigenvalue weighted by Gasteiger charge is 2.16. The van der Waals surface area contributed by atoms with Crippen LogP contribution in [0.3, 0.4) is 0 Å². The Morgan fingerprint density at radius 2 is 2.05 bits per heavy atom. The smallest absolute Gasteiger partial charge is 0.228 e. The summed E-state index contributed by atoms with van der Waals surface area (Å²) in [5.41, 5.74) is 11.2. The Balaban J connectivity index is 2.69. The van der Waals surface area contributed by atoms with Gasteiger partial charge >= 0.3 is 0 Å². The monoisotopic (exact) mass is 279 g/mol. The molecule has 5 N–H and O–H groups in total. The van der Waals surface area contributed by atoms with Crippen molar-refractivity contribution in [2.24, 2.45) is 17.4 Å². The summed E-state index contributed by atoms with van der Waals surface area (Å²) in [5, 5.41) is 2.79. The van der Waals surface area contributed by atoms with E-state index in [0.29, 0.717) is 24.4 Å². The molecule has 0 saturated carbocycles. The molecule has 1 aromatic carbocycles. The van der Waals surface area contributed by atoms with Crippen molar-refractivity contribution in [2.75, 3.05) is 18.5 Å². The highest BCUT2D eigenvalue weighted by Crippen LogP contribution is 2.24. The summed E-state index contributed by atoms with van der Waals surface area (Å²) in [6, 6.07) is 7.04. The topological polar surface area (TPSA) is 107 Å². The van der Waals surface area contributed by atoms with E-state index in [2.05, 4.69) is 5.32 Å². The van der Waals surface area contributed by atoms with Crippen molar-refractivity contribution in [2.45, 2.75) is 19.8 Å². The quantitative estimate of drug-likeness (QED) is 0.656. The Bertz CT molecular complexity index is 459. The van der Waals surface area contributed by atoms with Gasteiger partial charge in [-0.25, -0.2) is 0 Å². The molecule has 0 saturated heterocycles. The van der Waals surface area contributed by atoms with Crippen LogP contribution >= 0.6 is 0 Å². The van der Waals surface area contributed by atoms with Crippen molar-refractivity contribution in [3.05, 3.63) is 24.3 Å². The van der Waals surface area contributed by atoms with E-state index in [9.17, 15) is 9.59 Å². The predicted octanol–water partition coefficient (Wildman–Crippen LogP) is 0.864. The van der Waals surface area contributed by atoms with Crippen molar-refractivity contribution < 1.29 is 14.3 Å². The summed E-state index contributed by atoms with van der Waals surface area (Å²) in [4.78, 5) is 22.7. The van der Waals surface area contributed by atoms with Gasteiger partial charge in [0, 0.05) is 6.54 Å². The van der Waals surface area contributed by atoms with Gasteiger partial charge in [0.05, 0.1) is 24.6 Å². The van der Waals surface area contributed by atoms with Gasteiger partial charge in [-0.15, -0.1) is 0 Å². The maximum atomic E-state index is 12.0. The summed E-state index contributed by atoms with van der Waals surface area (Å²) < 4.78 is 5.45. The summed E-state index contributed by atoms with van der Waals surface area (Å²) in [5.74, 6) is -0.288. The van der Waals surface area contributed by atoms with Crippen LogP contribution in [-0.2, 0) is 9.59 Å². The highest BCUT2D eigenvalue weighted by atomic mass is 16.5. The zero-order valence-electron chi connectivity index (χ0n) is 11.6. The SMILES string of the molecule is CCC(CN)C(=O)Nc1ccccc1OCCC(N)=O. The molecule has 0 spiro atoms. The van der Waals surface area contributed by atoms with E-state index in [-0.39, 0.29) is 24.9 Å².